The predicted octanol–water partition coefficient (Wildman–Crippen LogP) is 3.70. The Kier molecular flexibility index (Phi) is 6.43. The van der Waals surface area contributed by atoms with Crippen molar-refractivity contribution in [3.05, 3.63) is 65.6 Å². The first-order valence-corrected chi connectivity index (χ1v) is 12.4. The van der Waals surface area contributed by atoms with Crippen LogP contribution >= 0.6 is 0 Å². The Labute approximate surface area is 195 Å². The molecular formula is C22H23F3N6O2S. The molecule has 1 aliphatic carbocycles. The third-order valence-electron chi connectivity index (χ3n) is 5.30. The van der Waals surface area contributed by atoms with E-state index < -0.39 is 21.6 Å². The van der Waals surface area contributed by atoms with E-state index in [2.05, 4.69) is 25.3 Å². The molecule has 1 saturated carbocycles. The lowest BCUT2D eigenvalue weighted by Crippen LogP contribution is -2.28. The van der Waals surface area contributed by atoms with Crippen LogP contribution in [0.25, 0.3) is 0 Å². The summed E-state index contributed by atoms with van der Waals surface area (Å²) in [6.07, 6.45) is 6.82. The van der Waals surface area contributed by atoms with Crippen molar-refractivity contribution >= 4 is 21.5 Å². The number of nitrogens with one attached hydrogen (secondary N) is 1. The van der Waals surface area contributed by atoms with Crippen molar-refractivity contribution < 1.29 is 21.6 Å². The minimum Gasteiger partial charge on any atom is -0.363 e. The average molecular weight is 493 g/mol. The molecule has 0 spiro atoms. The lowest BCUT2D eigenvalue weighted by Gasteiger charge is -2.24. The minimum absolute atomic E-state index is 0.0121. The van der Waals surface area contributed by atoms with Crippen LogP contribution in [0.5, 0.6) is 0 Å². The molecule has 0 aromatic carbocycles. The van der Waals surface area contributed by atoms with E-state index >= 15 is 4.39 Å². The zero-order valence-electron chi connectivity index (χ0n) is 18.5. The Bertz CT molecular complexity index is 1260. The molecule has 3 aromatic heterocycles. The number of sulfone groups is 1. The van der Waals surface area contributed by atoms with Crippen molar-refractivity contribution in [3.63, 3.8) is 0 Å². The molecule has 3 heterocycles. The lowest BCUT2D eigenvalue weighted by atomic mass is 10.2. The van der Waals surface area contributed by atoms with Crippen LogP contribution in [0.4, 0.5) is 24.8 Å². The molecule has 180 valence electrons. The van der Waals surface area contributed by atoms with Gasteiger partial charge < -0.3 is 10.2 Å². The Morgan fingerprint density at radius 1 is 1.06 bits per heavy atom. The van der Waals surface area contributed by atoms with Crippen molar-refractivity contribution in [3.8, 4) is 0 Å². The van der Waals surface area contributed by atoms with E-state index in [0.717, 1.165) is 26.0 Å². The number of aromatic nitrogens is 4. The second kappa shape index (κ2) is 9.16. The third kappa shape index (κ3) is 5.61. The standard InChI is InChI=1S/C22H23F3N6O2S/c1-22(24,25)17-7-3-15(11-26-17)12-31(16-5-6-16)21-19(23)20(29-13-30-21)28-10-14-4-8-18(27-9-14)34(2,32)33/h3-4,7-9,11,13,16H,5-6,10,12H2,1-2H3,(H,28,29,30). The molecule has 0 bridgehead atoms. The van der Waals surface area contributed by atoms with Crippen molar-refractivity contribution in [1.82, 2.24) is 19.9 Å². The zero-order valence-corrected chi connectivity index (χ0v) is 19.4. The molecule has 12 heteroatoms. The highest BCUT2D eigenvalue weighted by Gasteiger charge is 2.33. The van der Waals surface area contributed by atoms with E-state index in [1.807, 2.05) is 0 Å². The molecule has 0 aliphatic heterocycles. The fourth-order valence-corrected chi connectivity index (χ4v) is 3.90. The number of halogens is 3. The van der Waals surface area contributed by atoms with Gasteiger partial charge in [0.25, 0.3) is 5.92 Å². The van der Waals surface area contributed by atoms with Crippen LogP contribution in [0.15, 0.2) is 48.0 Å². The van der Waals surface area contributed by atoms with Gasteiger partial charge in [0.2, 0.25) is 5.82 Å². The second-order valence-corrected chi connectivity index (χ2v) is 10.3. The summed E-state index contributed by atoms with van der Waals surface area (Å²) in [6, 6.07) is 5.88. The summed E-state index contributed by atoms with van der Waals surface area (Å²) in [4.78, 5) is 17.6. The summed E-state index contributed by atoms with van der Waals surface area (Å²) >= 11 is 0. The molecule has 0 atom stereocenters. The van der Waals surface area contributed by atoms with Gasteiger partial charge >= 0.3 is 0 Å². The number of hydrogen-bond donors (Lipinski definition) is 1. The number of anilines is 2. The summed E-state index contributed by atoms with van der Waals surface area (Å²) in [6.45, 7) is 1.22. The largest absolute Gasteiger partial charge is 0.363 e. The van der Waals surface area contributed by atoms with Gasteiger partial charge in [-0.05, 0) is 36.1 Å². The smallest absolute Gasteiger partial charge is 0.286 e. The fraction of sp³-hybridized carbons (Fsp3) is 0.364. The van der Waals surface area contributed by atoms with E-state index in [-0.39, 0.29) is 41.5 Å². The highest BCUT2D eigenvalue weighted by atomic mass is 32.2. The molecule has 0 saturated heterocycles. The molecule has 0 amide bonds. The van der Waals surface area contributed by atoms with E-state index in [4.69, 9.17) is 0 Å². The fourth-order valence-electron chi connectivity index (χ4n) is 3.34. The average Bonchev–Trinajstić information content (AvgIpc) is 3.62. The van der Waals surface area contributed by atoms with Crippen molar-refractivity contribution in [2.75, 3.05) is 16.5 Å². The van der Waals surface area contributed by atoms with E-state index in [1.165, 1.54) is 30.9 Å². The molecular weight excluding hydrogens is 469 g/mol. The lowest BCUT2D eigenvalue weighted by molar-refractivity contribution is 0.0127. The monoisotopic (exact) mass is 492 g/mol. The van der Waals surface area contributed by atoms with Crippen LogP contribution in [0.2, 0.25) is 0 Å². The van der Waals surface area contributed by atoms with E-state index in [0.29, 0.717) is 11.1 Å². The van der Waals surface area contributed by atoms with Gasteiger partial charge in [0, 0.05) is 44.7 Å². The number of rotatable bonds is 9. The molecule has 4 rings (SSSR count). The Morgan fingerprint density at radius 2 is 1.76 bits per heavy atom. The van der Waals surface area contributed by atoms with Crippen molar-refractivity contribution in [1.29, 1.82) is 0 Å². The molecule has 1 fully saturated rings. The molecule has 0 radical (unpaired) electrons. The summed E-state index contributed by atoms with van der Waals surface area (Å²) in [5.74, 6) is -3.58. The molecule has 34 heavy (non-hydrogen) atoms. The van der Waals surface area contributed by atoms with Gasteiger partial charge in [-0.15, -0.1) is 0 Å². The van der Waals surface area contributed by atoms with E-state index in [9.17, 15) is 17.2 Å². The zero-order chi connectivity index (χ0) is 24.5. The van der Waals surface area contributed by atoms with Crippen molar-refractivity contribution in [2.45, 2.75) is 49.8 Å². The van der Waals surface area contributed by atoms with Gasteiger partial charge in [-0.3, -0.25) is 4.98 Å². The van der Waals surface area contributed by atoms with Gasteiger partial charge in [0.05, 0.1) is 0 Å². The van der Waals surface area contributed by atoms with Crippen LogP contribution < -0.4 is 10.2 Å². The first-order valence-electron chi connectivity index (χ1n) is 10.5. The Morgan fingerprint density at radius 3 is 2.32 bits per heavy atom. The van der Waals surface area contributed by atoms with Gasteiger partial charge in [0.15, 0.2) is 26.5 Å². The highest BCUT2D eigenvalue weighted by Crippen LogP contribution is 2.35. The molecule has 1 N–H and O–H groups in total. The van der Waals surface area contributed by atoms with Crippen LogP contribution in [-0.2, 0) is 28.8 Å². The molecule has 0 unspecified atom stereocenters. The Hall–Kier alpha value is -3.28. The van der Waals surface area contributed by atoms with Crippen molar-refractivity contribution in [2.24, 2.45) is 0 Å². The summed E-state index contributed by atoms with van der Waals surface area (Å²) in [5, 5.41) is 2.85. The number of nitrogens with zero attached hydrogens (tertiary/aromatic N) is 5. The SMILES string of the molecule is CC(F)(F)c1ccc(CN(c2ncnc(NCc3ccc(S(C)(=O)=O)nc3)c2F)C2CC2)cn1. The van der Waals surface area contributed by atoms with Gasteiger partial charge in [-0.1, -0.05) is 12.1 Å². The first-order chi connectivity index (χ1) is 16.0. The first kappa shape index (κ1) is 23.9. The third-order valence-corrected chi connectivity index (χ3v) is 6.30. The summed E-state index contributed by atoms with van der Waals surface area (Å²) < 4.78 is 65.3. The van der Waals surface area contributed by atoms with E-state index in [1.54, 1.807) is 17.0 Å². The number of pyridine rings is 2. The maximum absolute atomic E-state index is 15.3. The molecule has 1 aliphatic rings. The number of alkyl halides is 2. The van der Waals surface area contributed by atoms with Crippen LogP contribution in [0.1, 0.15) is 36.6 Å². The van der Waals surface area contributed by atoms with Gasteiger partial charge in [-0.2, -0.15) is 13.2 Å². The topological polar surface area (TPSA) is 101 Å². The molecule has 3 aromatic rings. The van der Waals surface area contributed by atoms with Gasteiger partial charge in [-0.25, -0.2) is 23.4 Å². The maximum Gasteiger partial charge on any atom is 0.286 e. The maximum atomic E-state index is 15.3. The molecule has 8 nitrogen and oxygen atoms in total. The highest BCUT2D eigenvalue weighted by molar-refractivity contribution is 7.90. The predicted molar refractivity (Wildman–Crippen MR) is 120 cm³/mol. The summed E-state index contributed by atoms with van der Waals surface area (Å²) in [7, 11) is -3.41. The normalized spacial score (nSPS) is 14.1. The quantitative estimate of drug-likeness (QED) is 0.483. The van der Waals surface area contributed by atoms with Crippen LogP contribution in [-0.4, -0.2) is 40.7 Å². The number of hydrogen-bond acceptors (Lipinski definition) is 8. The Balaban J connectivity index is 1.50. The van der Waals surface area contributed by atoms with Gasteiger partial charge in [0.1, 0.15) is 12.0 Å². The minimum atomic E-state index is -3.41. The van der Waals surface area contributed by atoms with Crippen LogP contribution in [0, 0.1) is 5.82 Å². The van der Waals surface area contributed by atoms with Crippen LogP contribution in [0.3, 0.4) is 0 Å². The second-order valence-electron chi connectivity index (χ2n) is 8.29. The summed E-state index contributed by atoms with van der Waals surface area (Å²) in [5.41, 5.74) is 0.974.